The highest BCUT2D eigenvalue weighted by Crippen LogP contribution is 1.99. The van der Waals surface area contributed by atoms with Crippen LogP contribution >= 0.6 is 0 Å². The van der Waals surface area contributed by atoms with Crippen molar-refractivity contribution in [2.24, 2.45) is 0 Å². The van der Waals surface area contributed by atoms with Crippen molar-refractivity contribution in [2.45, 2.75) is 13.1 Å². The van der Waals surface area contributed by atoms with Gasteiger partial charge >= 0.3 is 6.55 Å². The van der Waals surface area contributed by atoms with Crippen LogP contribution in [0.1, 0.15) is 10.4 Å². The maximum atomic E-state index is 11.8. The predicted octanol–water partition coefficient (Wildman–Crippen LogP) is 1.02. The molecule has 0 aromatic carbocycles. The van der Waals surface area contributed by atoms with Crippen LogP contribution in [0.15, 0.2) is 25.0 Å². The summed E-state index contributed by atoms with van der Waals surface area (Å²) in [5.41, 5.74) is 0.104. The molecule has 14 heavy (non-hydrogen) atoms. The minimum Gasteiger partial charge on any atom is -0.296 e. The Hall–Kier alpha value is -1.72. The molecule has 76 valence electrons. The summed E-state index contributed by atoms with van der Waals surface area (Å²) in [6, 6.07) is 0. The number of allylic oxidation sites excluding steroid dienone is 1. The monoisotopic (exact) mass is 201 g/mol. The van der Waals surface area contributed by atoms with Gasteiger partial charge in [-0.25, -0.2) is 0 Å². The molecule has 0 aliphatic rings. The van der Waals surface area contributed by atoms with Crippen LogP contribution < -0.4 is 5.32 Å². The van der Waals surface area contributed by atoms with Crippen molar-refractivity contribution in [3.05, 3.63) is 30.6 Å². The second-order valence-corrected chi connectivity index (χ2v) is 2.51. The van der Waals surface area contributed by atoms with Crippen LogP contribution in [-0.4, -0.2) is 22.2 Å². The third kappa shape index (κ3) is 2.65. The van der Waals surface area contributed by atoms with E-state index in [1.807, 2.05) is 0 Å². The number of nitrogens with zero attached hydrogens (tertiary/aromatic N) is 2. The zero-order chi connectivity index (χ0) is 10.6. The Kier molecular flexibility index (Phi) is 3.33. The van der Waals surface area contributed by atoms with Gasteiger partial charge in [0.05, 0.1) is 18.3 Å². The summed E-state index contributed by atoms with van der Waals surface area (Å²) in [6.07, 6.45) is 4.18. The van der Waals surface area contributed by atoms with Gasteiger partial charge in [0.15, 0.2) is 0 Å². The number of amides is 1. The molecular weight excluding hydrogens is 192 g/mol. The first-order valence-corrected chi connectivity index (χ1v) is 3.86. The van der Waals surface area contributed by atoms with Crippen LogP contribution in [0.3, 0.4) is 0 Å². The van der Waals surface area contributed by atoms with E-state index in [0.29, 0.717) is 6.54 Å². The second-order valence-electron chi connectivity index (χ2n) is 2.51. The molecule has 1 aromatic rings. The van der Waals surface area contributed by atoms with Gasteiger partial charge < -0.3 is 0 Å². The SMILES string of the molecule is C=CCn1cc(C(=O)NC(F)F)cn1. The minimum atomic E-state index is -2.86. The Balaban J connectivity index is 2.66. The summed E-state index contributed by atoms with van der Waals surface area (Å²) in [6.45, 7) is 1.05. The molecule has 0 fully saturated rings. The van der Waals surface area contributed by atoms with Crippen molar-refractivity contribution >= 4 is 5.91 Å². The summed E-state index contributed by atoms with van der Waals surface area (Å²) in [4.78, 5) is 11.0. The number of rotatable bonds is 4. The van der Waals surface area contributed by atoms with Crippen LogP contribution in [0.25, 0.3) is 0 Å². The quantitative estimate of drug-likeness (QED) is 0.584. The van der Waals surface area contributed by atoms with Crippen LogP contribution in [0.2, 0.25) is 0 Å². The zero-order valence-electron chi connectivity index (χ0n) is 7.28. The second kappa shape index (κ2) is 4.50. The van der Waals surface area contributed by atoms with Gasteiger partial charge in [0, 0.05) is 6.20 Å². The number of hydrogen-bond acceptors (Lipinski definition) is 2. The average Bonchev–Trinajstić information content (AvgIpc) is 2.52. The normalized spacial score (nSPS) is 10.2. The third-order valence-corrected chi connectivity index (χ3v) is 1.45. The van der Waals surface area contributed by atoms with Crippen LogP contribution in [0.5, 0.6) is 0 Å². The summed E-state index contributed by atoms with van der Waals surface area (Å²) < 4.78 is 24.9. The molecular formula is C8H9F2N3O. The number of alkyl halides is 2. The van der Waals surface area contributed by atoms with Crippen LogP contribution in [0.4, 0.5) is 8.78 Å². The number of nitrogens with one attached hydrogen (secondary N) is 1. The van der Waals surface area contributed by atoms with Gasteiger partial charge in [-0.15, -0.1) is 6.58 Å². The van der Waals surface area contributed by atoms with Crippen LogP contribution in [0, 0.1) is 0 Å². The number of hydrogen-bond donors (Lipinski definition) is 1. The van der Waals surface area contributed by atoms with E-state index in [-0.39, 0.29) is 5.56 Å². The number of halogens is 2. The van der Waals surface area contributed by atoms with E-state index in [1.54, 1.807) is 6.08 Å². The molecule has 6 heteroatoms. The standard InChI is InChI=1S/C8H9F2N3O/c1-2-3-13-5-6(4-11-13)7(14)12-8(9)10/h2,4-5,8H,1,3H2,(H,12,14). The number of aromatic nitrogens is 2. The molecule has 1 N–H and O–H groups in total. The van der Waals surface area contributed by atoms with E-state index in [4.69, 9.17) is 0 Å². The fourth-order valence-corrected chi connectivity index (χ4v) is 0.895. The first-order chi connectivity index (χ1) is 6.63. The molecule has 0 unspecified atom stereocenters. The number of carbonyl (C=O) groups excluding carboxylic acids is 1. The maximum absolute atomic E-state index is 11.8. The first kappa shape index (κ1) is 10.4. The van der Waals surface area contributed by atoms with Crippen molar-refractivity contribution in [3.63, 3.8) is 0 Å². The lowest BCUT2D eigenvalue weighted by Crippen LogP contribution is -2.27. The van der Waals surface area contributed by atoms with Gasteiger partial charge in [-0.2, -0.15) is 13.9 Å². The van der Waals surface area contributed by atoms with Gasteiger partial charge in [-0.05, 0) is 0 Å². The van der Waals surface area contributed by atoms with Crippen molar-refractivity contribution in [2.75, 3.05) is 0 Å². The van der Waals surface area contributed by atoms with E-state index >= 15 is 0 Å². The molecule has 0 saturated heterocycles. The molecule has 0 spiro atoms. The first-order valence-electron chi connectivity index (χ1n) is 3.86. The van der Waals surface area contributed by atoms with Crippen LogP contribution in [-0.2, 0) is 6.54 Å². The summed E-state index contributed by atoms with van der Waals surface area (Å²) in [5, 5.41) is 5.24. The van der Waals surface area contributed by atoms with E-state index in [9.17, 15) is 13.6 Å². The molecule has 0 bridgehead atoms. The molecule has 0 aliphatic carbocycles. The Morgan fingerprint density at radius 1 is 1.79 bits per heavy atom. The van der Waals surface area contributed by atoms with Crippen molar-refractivity contribution in [3.8, 4) is 0 Å². The summed E-state index contributed by atoms with van der Waals surface area (Å²) in [5.74, 6) is -0.838. The fraction of sp³-hybridized carbons (Fsp3) is 0.250. The van der Waals surface area contributed by atoms with Gasteiger partial charge in [-0.3, -0.25) is 14.8 Å². The highest BCUT2D eigenvalue weighted by molar-refractivity contribution is 5.93. The smallest absolute Gasteiger partial charge is 0.296 e. The highest BCUT2D eigenvalue weighted by Gasteiger charge is 2.12. The van der Waals surface area contributed by atoms with E-state index in [1.165, 1.54) is 22.4 Å². The topological polar surface area (TPSA) is 46.9 Å². The highest BCUT2D eigenvalue weighted by atomic mass is 19.3. The molecule has 1 aromatic heterocycles. The minimum absolute atomic E-state index is 0.104. The van der Waals surface area contributed by atoms with Gasteiger partial charge in [-0.1, -0.05) is 6.08 Å². The lowest BCUT2D eigenvalue weighted by atomic mass is 10.3. The van der Waals surface area contributed by atoms with E-state index < -0.39 is 12.5 Å². The molecule has 1 rings (SSSR count). The summed E-state index contributed by atoms with van der Waals surface area (Å²) in [7, 11) is 0. The molecule has 4 nitrogen and oxygen atoms in total. The molecule has 0 saturated carbocycles. The van der Waals surface area contributed by atoms with E-state index in [2.05, 4.69) is 11.7 Å². The molecule has 1 heterocycles. The zero-order valence-corrected chi connectivity index (χ0v) is 7.28. The molecule has 0 atom stereocenters. The van der Waals surface area contributed by atoms with E-state index in [0.717, 1.165) is 0 Å². The van der Waals surface area contributed by atoms with Gasteiger partial charge in [0.25, 0.3) is 5.91 Å². The molecule has 0 radical (unpaired) electrons. The lowest BCUT2D eigenvalue weighted by molar-refractivity contribution is 0.0699. The van der Waals surface area contributed by atoms with Crippen molar-refractivity contribution in [1.82, 2.24) is 15.1 Å². The maximum Gasteiger partial charge on any atom is 0.315 e. The van der Waals surface area contributed by atoms with Crippen molar-refractivity contribution < 1.29 is 13.6 Å². The van der Waals surface area contributed by atoms with Crippen molar-refractivity contribution in [1.29, 1.82) is 0 Å². The Morgan fingerprint density at radius 3 is 3.07 bits per heavy atom. The largest absolute Gasteiger partial charge is 0.315 e. The Labute approximate surface area is 79.2 Å². The predicted molar refractivity (Wildman–Crippen MR) is 45.9 cm³/mol. The Bertz CT molecular complexity index is 335. The fourth-order valence-electron chi connectivity index (χ4n) is 0.895. The van der Waals surface area contributed by atoms with Gasteiger partial charge in [0.1, 0.15) is 0 Å². The molecule has 0 aliphatic heterocycles. The average molecular weight is 201 g/mol. The Morgan fingerprint density at radius 2 is 2.50 bits per heavy atom. The number of carbonyl (C=O) groups is 1. The van der Waals surface area contributed by atoms with Gasteiger partial charge in [0.2, 0.25) is 0 Å². The molecule has 1 amide bonds. The lowest BCUT2D eigenvalue weighted by Gasteiger charge is -1.99. The third-order valence-electron chi connectivity index (χ3n) is 1.45. The summed E-state index contributed by atoms with van der Waals surface area (Å²) >= 11 is 0.